The number of aliphatic hydroxyl groups excluding tert-OH is 1. The summed E-state index contributed by atoms with van der Waals surface area (Å²) in [6.45, 7) is 0. The van der Waals surface area contributed by atoms with Gasteiger partial charge in [0.15, 0.2) is 11.6 Å². The molecule has 3 rings (SSSR count). The lowest BCUT2D eigenvalue weighted by Crippen LogP contribution is -2.03. The van der Waals surface area contributed by atoms with E-state index >= 15 is 0 Å². The zero-order valence-corrected chi connectivity index (χ0v) is 11.1. The van der Waals surface area contributed by atoms with Gasteiger partial charge in [-0.15, -0.1) is 0 Å². The number of aliphatic hydroxyl groups is 1. The van der Waals surface area contributed by atoms with Crippen molar-refractivity contribution in [3.05, 3.63) is 77.5 Å². The molecule has 0 fully saturated rings. The zero-order valence-electron chi connectivity index (χ0n) is 11.1. The smallest absolute Gasteiger partial charge is 0.159 e. The first-order valence-electron chi connectivity index (χ1n) is 6.61. The summed E-state index contributed by atoms with van der Waals surface area (Å²) < 4.78 is 26.1. The molecular formula is C17H13F2NO. The Kier molecular flexibility index (Phi) is 3.62. The molecule has 1 unspecified atom stereocenters. The van der Waals surface area contributed by atoms with Crippen LogP contribution in [0.2, 0.25) is 0 Å². The first-order valence-corrected chi connectivity index (χ1v) is 6.61. The second kappa shape index (κ2) is 5.58. The molecule has 0 aliphatic rings. The highest BCUT2D eigenvalue weighted by Gasteiger charge is 2.13. The molecular weight excluding hydrogens is 272 g/mol. The van der Waals surface area contributed by atoms with Crippen molar-refractivity contribution < 1.29 is 13.9 Å². The van der Waals surface area contributed by atoms with Gasteiger partial charge in [-0.25, -0.2) is 8.78 Å². The SMILES string of the molecule is OC(Cc1ccc(F)c(F)c1)c1cccc2ncccc12. The zero-order chi connectivity index (χ0) is 14.8. The Bertz CT molecular complexity index is 783. The summed E-state index contributed by atoms with van der Waals surface area (Å²) in [7, 11) is 0. The Labute approximate surface area is 120 Å². The Hall–Kier alpha value is -2.33. The summed E-state index contributed by atoms with van der Waals surface area (Å²) in [6.07, 6.45) is 1.10. The predicted octanol–water partition coefficient (Wildman–Crippen LogP) is 3.79. The number of fused-ring (bicyclic) bond motifs is 1. The Morgan fingerprint density at radius 3 is 2.67 bits per heavy atom. The molecule has 0 saturated carbocycles. The van der Waals surface area contributed by atoms with Crippen LogP contribution in [0.4, 0.5) is 8.78 Å². The van der Waals surface area contributed by atoms with Crippen molar-refractivity contribution in [3.8, 4) is 0 Å². The lowest BCUT2D eigenvalue weighted by Gasteiger charge is -2.13. The van der Waals surface area contributed by atoms with Crippen molar-refractivity contribution in [2.24, 2.45) is 0 Å². The van der Waals surface area contributed by atoms with E-state index in [4.69, 9.17) is 0 Å². The van der Waals surface area contributed by atoms with E-state index < -0.39 is 17.7 Å². The van der Waals surface area contributed by atoms with Crippen molar-refractivity contribution in [2.45, 2.75) is 12.5 Å². The summed E-state index contributed by atoms with van der Waals surface area (Å²) in [5, 5.41) is 11.2. The van der Waals surface area contributed by atoms with Crippen LogP contribution in [0.3, 0.4) is 0 Å². The summed E-state index contributed by atoms with van der Waals surface area (Å²) in [5.41, 5.74) is 2.06. The number of hydrogen-bond donors (Lipinski definition) is 1. The van der Waals surface area contributed by atoms with E-state index in [2.05, 4.69) is 4.98 Å². The number of benzene rings is 2. The fourth-order valence-corrected chi connectivity index (χ4v) is 2.42. The molecule has 4 heteroatoms. The molecule has 0 aliphatic carbocycles. The molecule has 1 N–H and O–H groups in total. The third kappa shape index (κ3) is 2.76. The highest BCUT2D eigenvalue weighted by atomic mass is 19.2. The number of aromatic nitrogens is 1. The van der Waals surface area contributed by atoms with Gasteiger partial charge in [0.05, 0.1) is 11.6 Å². The lowest BCUT2D eigenvalue weighted by atomic mass is 9.98. The van der Waals surface area contributed by atoms with Crippen LogP contribution in [0.15, 0.2) is 54.7 Å². The second-order valence-electron chi connectivity index (χ2n) is 4.89. The summed E-state index contributed by atoms with van der Waals surface area (Å²) in [6, 6.07) is 12.8. The molecule has 0 saturated heterocycles. The highest BCUT2D eigenvalue weighted by Crippen LogP contribution is 2.26. The van der Waals surface area contributed by atoms with Crippen LogP contribution < -0.4 is 0 Å². The fraction of sp³-hybridized carbons (Fsp3) is 0.118. The van der Waals surface area contributed by atoms with Gasteiger partial charge in [0.2, 0.25) is 0 Å². The monoisotopic (exact) mass is 285 g/mol. The van der Waals surface area contributed by atoms with E-state index in [0.29, 0.717) is 5.56 Å². The van der Waals surface area contributed by atoms with E-state index in [0.717, 1.165) is 28.6 Å². The first-order chi connectivity index (χ1) is 10.1. The average Bonchev–Trinajstić information content (AvgIpc) is 2.50. The van der Waals surface area contributed by atoms with Crippen LogP contribution in [0, 0.1) is 11.6 Å². The van der Waals surface area contributed by atoms with Crippen LogP contribution in [-0.2, 0) is 6.42 Å². The minimum absolute atomic E-state index is 0.213. The van der Waals surface area contributed by atoms with Gasteiger partial charge in [-0.2, -0.15) is 0 Å². The molecule has 106 valence electrons. The van der Waals surface area contributed by atoms with Crippen molar-refractivity contribution in [2.75, 3.05) is 0 Å². The molecule has 0 spiro atoms. The lowest BCUT2D eigenvalue weighted by molar-refractivity contribution is 0.180. The minimum Gasteiger partial charge on any atom is -0.388 e. The van der Waals surface area contributed by atoms with Gasteiger partial charge in [-0.05, 0) is 35.4 Å². The summed E-state index contributed by atoms with van der Waals surface area (Å²) >= 11 is 0. The first kappa shape index (κ1) is 13.6. The Balaban J connectivity index is 1.93. The average molecular weight is 285 g/mol. The van der Waals surface area contributed by atoms with Gasteiger partial charge in [0, 0.05) is 18.0 Å². The second-order valence-corrected chi connectivity index (χ2v) is 4.89. The molecule has 2 nitrogen and oxygen atoms in total. The molecule has 0 bridgehead atoms. The number of halogens is 2. The van der Waals surface area contributed by atoms with Gasteiger partial charge in [-0.1, -0.05) is 24.3 Å². The molecule has 3 aromatic rings. The van der Waals surface area contributed by atoms with Crippen molar-refractivity contribution in [3.63, 3.8) is 0 Å². The van der Waals surface area contributed by atoms with Gasteiger partial charge in [-0.3, -0.25) is 4.98 Å². The maximum absolute atomic E-state index is 13.2. The van der Waals surface area contributed by atoms with Gasteiger partial charge < -0.3 is 5.11 Å². The molecule has 21 heavy (non-hydrogen) atoms. The van der Waals surface area contributed by atoms with Crippen molar-refractivity contribution in [1.82, 2.24) is 4.98 Å². The maximum atomic E-state index is 13.2. The van der Waals surface area contributed by atoms with E-state index in [-0.39, 0.29) is 6.42 Å². The molecule has 0 radical (unpaired) electrons. The quantitative estimate of drug-likeness (QED) is 0.794. The summed E-state index contributed by atoms with van der Waals surface area (Å²) in [5.74, 6) is -1.79. The number of nitrogens with zero attached hydrogens (tertiary/aromatic N) is 1. The normalized spacial score (nSPS) is 12.5. The van der Waals surface area contributed by atoms with Gasteiger partial charge in [0.25, 0.3) is 0 Å². The van der Waals surface area contributed by atoms with Crippen molar-refractivity contribution in [1.29, 1.82) is 0 Å². The topological polar surface area (TPSA) is 33.1 Å². The molecule has 1 heterocycles. The number of rotatable bonds is 3. The maximum Gasteiger partial charge on any atom is 0.159 e. The molecule has 0 aliphatic heterocycles. The van der Waals surface area contributed by atoms with Crippen molar-refractivity contribution >= 4 is 10.9 Å². The number of hydrogen-bond acceptors (Lipinski definition) is 2. The fourth-order valence-electron chi connectivity index (χ4n) is 2.42. The Morgan fingerprint density at radius 1 is 1.00 bits per heavy atom. The molecule has 1 aromatic heterocycles. The molecule has 0 amide bonds. The standard InChI is InChI=1S/C17H13F2NO/c18-14-7-6-11(9-15(14)19)10-17(21)13-3-1-5-16-12(13)4-2-8-20-16/h1-9,17,21H,10H2. The van der Waals surface area contributed by atoms with Crippen LogP contribution in [-0.4, -0.2) is 10.1 Å². The Morgan fingerprint density at radius 2 is 1.86 bits per heavy atom. The molecule has 1 atom stereocenters. The van der Waals surface area contributed by atoms with Crippen LogP contribution in [0.1, 0.15) is 17.2 Å². The largest absolute Gasteiger partial charge is 0.388 e. The summed E-state index contributed by atoms with van der Waals surface area (Å²) in [4.78, 5) is 4.24. The third-order valence-electron chi connectivity index (χ3n) is 3.45. The van der Waals surface area contributed by atoms with E-state index in [9.17, 15) is 13.9 Å². The minimum atomic E-state index is -0.903. The predicted molar refractivity (Wildman–Crippen MR) is 76.8 cm³/mol. The third-order valence-corrected chi connectivity index (χ3v) is 3.45. The highest BCUT2D eigenvalue weighted by molar-refractivity contribution is 5.82. The van der Waals surface area contributed by atoms with Gasteiger partial charge >= 0.3 is 0 Å². The van der Waals surface area contributed by atoms with E-state index in [1.807, 2.05) is 24.3 Å². The van der Waals surface area contributed by atoms with Crippen LogP contribution >= 0.6 is 0 Å². The molecule has 2 aromatic carbocycles. The number of pyridine rings is 1. The van der Waals surface area contributed by atoms with Gasteiger partial charge in [0.1, 0.15) is 0 Å². The van der Waals surface area contributed by atoms with Crippen LogP contribution in [0.25, 0.3) is 10.9 Å². The van der Waals surface area contributed by atoms with Crippen LogP contribution in [0.5, 0.6) is 0 Å². The van der Waals surface area contributed by atoms with E-state index in [1.54, 1.807) is 12.3 Å². The van der Waals surface area contributed by atoms with E-state index in [1.165, 1.54) is 6.07 Å².